The average molecular weight is 230 g/mol. The highest BCUT2D eigenvalue weighted by Gasteiger charge is 2.16. The molecule has 1 aliphatic heterocycles. The highest BCUT2D eigenvalue weighted by molar-refractivity contribution is 6.00. The smallest absolute Gasteiger partial charge is 0.162 e. The number of ether oxygens (including phenoxy) is 1. The number of carbonyl (C=O) groups excluding carboxylic acids is 1. The molecule has 1 aliphatic rings. The van der Waals surface area contributed by atoms with Gasteiger partial charge in [0.05, 0.1) is 0 Å². The second-order valence-corrected chi connectivity index (χ2v) is 4.85. The zero-order valence-electron chi connectivity index (χ0n) is 10.4. The van der Waals surface area contributed by atoms with Crippen molar-refractivity contribution in [1.82, 2.24) is 0 Å². The lowest BCUT2D eigenvalue weighted by Crippen LogP contribution is -2.15. The van der Waals surface area contributed by atoms with Gasteiger partial charge in [-0.25, -0.2) is 0 Å². The van der Waals surface area contributed by atoms with Crippen LogP contribution in [0.1, 0.15) is 32.3 Å². The number of fused-ring (bicyclic) bond motifs is 1. The summed E-state index contributed by atoms with van der Waals surface area (Å²) in [5, 5.41) is 0. The van der Waals surface area contributed by atoms with E-state index < -0.39 is 0 Å². The second kappa shape index (κ2) is 5.17. The van der Waals surface area contributed by atoms with Gasteiger partial charge in [-0.2, -0.15) is 0 Å². The van der Waals surface area contributed by atoms with Crippen molar-refractivity contribution in [3.63, 3.8) is 0 Å². The molecule has 0 N–H and O–H groups in total. The third-order valence-electron chi connectivity index (χ3n) is 2.94. The summed E-state index contributed by atoms with van der Waals surface area (Å²) >= 11 is 0. The van der Waals surface area contributed by atoms with Crippen LogP contribution < -0.4 is 4.74 Å². The van der Waals surface area contributed by atoms with Gasteiger partial charge in [-0.3, -0.25) is 4.79 Å². The molecule has 90 valence electrons. The molecule has 17 heavy (non-hydrogen) atoms. The Balaban J connectivity index is 2.09. The lowest BCUT2D eigenvalue weighted by molar-refractivity contribution is -0.116. The molecule has 0 aliphatic carbocycles. The first-order valence-corrected chi connectivity index (χ1v) is 6.12. The van der Waals surface area contributed by atoms with Gasteiger partial charge in [0.2, 0.25) is 0 Å². The first-order chi connectivity index (χ1) is 8.16. The van der Waals surface area contributed by atoms with Gasteiger partial charge >= 0.3 is 0 Å². The summed E-state index contributed by atoms with van der Waals surface area (Å²) < 4.78 is 5.57. The van der Waals surface area contributed by atoms with Crippen molar-refractivity contribution in [2.45, 2.75) is 26.7 Å². The van der Waals surface area contributed by atoms with E-state index >= 15 is 0 Å². The molecule has 0 fully saturated rings. The van der Waals surface area contributed by atoms with Gasteiger partial charge in [0.15, 0.2) is 5.78 Å². The van der Waals surface area contributed by atoms with Crippen LogP contribution in [0.15, 0.2) is 29.8 Å². The van der Waals surface area contributed by atoms with Crippen molar-refractivity contribution in [2.24, 2.45) is 5.92 Å². The Kier molecular flexibility index (Phi) is 3.62. The second-order valence-electron chi connectivity index (χ2n) is 4.85. The fourth-order valence-corrected chi connectivity index (χ4v) is 1.86. The maximum atomic E-state index is 12.0. The molecule has 1 heterocycles. The SMILES string of the molecule is CC(C)CCC(=O)C1=Cc2ccccc2OC1. The average Bonchev–Trinajstić information content (AvgIpc) is 2.35. The molecule has 0 atom stereocenters. The predicted molar refractivity (Wildman–Crippen MR) is 69.0 cm³/mol. The van der Waals surface area contributed by atoms with E-state index in [-0.39, 0.29) is 5.78 Å². The van der Waals surface area contributed by atoms with Crippen LogP contribution >= 0.6 is 0 Å². The largest absolute Gasteiger partial charge is 0.488 e. The van der Waals surface area contributed by atoms with Crippen LogP contribution in [0.2, 0.25) is 0 Å². The first kappa shape index (κ1) is 11.9. The van der Waals surface area contributed by atoms with Crippen LogP contribution in [0.25, 0.3) is 6.08 Å². The van der Waals surface area contributed by atoms with Gasteiger partial charge < -0.3 is 4.74 Å². The number of rotatable bonds is 4. The molecule has 0 unspecified atom stereocenters. The zero-order valence-corrected chi connectivity index (χ0v) is 10.4. The van der Waals surface area contributed by atoms with Crippen LogP contribution in [-0.4, -0.2) is 12.4 Å². The molecular weight excluding hydrogens is 212 g/mol. The van der Waals surface area contributed by atoms with E-state index in [0.29, 0.717) is 18.9 Å². The van der Waals surface area contributed by atoms with E-state index in [1.165, 1.54) is 0 Å². The van der Waals surface area contributed by atoms with Gasteiger partial charge in [-0.1, -0.05) is 32.0 Å². The van der Waals surface area contributed by atoms with Crippen molar-refractivity contribution >= 4 is 11.9 Å². The van der Waals surface area contributed by atoms with Crippen molar-refractivity contribution in [3.8, 4) is 5.75 Å². The molecule has 0 amide bonds. The zero-order chi connectivity index (χ0) is 12.3. The van der Waals surface area contributed by atoms with E-state index in [0.717, 1.165) is 23.3 Å². The Morgan fingerprint density at radius 2 is 2.12 bits per heavy atom. The molecule has 0 bridgehead atoms. The summed E-state index contributed by atoms with van der Waals surface area (Å²) in [6.07, 6.45) is 3.52. The van der Waals surface area contributed by atoms with Crippen LogP contribution in [0.5, 0.6) is 5.75 Å². The molecule has 0 aromatic heterocycles. The number of hydrogen-bond acceptors (Lipinski definition) is 2. The number of ketones is 1. The van der Waals surface area contributed by atoms with Crippen molar-refractivity contribution in [1.29, 1.82) is 0 Å². The Labute approximate surface area is 102 Å². The van der Waals surface area contributed by atoms with Gasteiger partial charge in [0, 0.05) is 17.6 Å². The molecule has 2 rings (SSSR count). The molecule has 0 radical (unpaired) electrons. The van der Waals surface area contributed by atoms with Crippen LogP contribution in [0.3, 0.4) is 0 Å². The van der Waals surface area contributed by atoms with Crippen LogP contribution in [0.4, 0.5) is 0 Å². The Morgan fingerprint density at radius 3 is 2.88 bits per heavy atom. The summed E-state index contributed by atoms with van der Waals surface area (Å²) in [7, 11) is 0. The molecule has 0 spiro atoms. The fraction of sp³-hybridized carbons (Fsp3) is 0.400. The van der Waals surface area contributed by atoms with Crippen molar-refractivity contribution in [3.05, 3.63) is 35.4 Å². The maximum Gasteiger partial charge on any atom is 0.162 e. The molecule has 0 saturated carbocycles. The molecule has 2 nitrogen and oxygen atoms in total. The molecular formula is C15H18O2. The summed E-state index contributed by atoms with van der Waals surface area (Å²) in [4.78, 5) is 12.0. The minimum Gasteiger partial charge on any atom is -0.488 e. The number of para-hydroxylation sites is 1. The lowest BCUT2D eigenvalue weighted by Gasteiger charge is -2.17. The monoisotopic (exact) mass is 230 g/mol. The third kappa shape index (κ3) is 2.96. The lowest BCUT2D eigenvalue weighted by atomic mass is 9.98. The van der Waals surface area contributed by atoms with E-state index in [4.69, 9.17) is 4.74 Å². The van der Waals surface area contributed by atoms with Crippen molar-refractivity contribution in [2.75, 3.05) is 6.61 Å². The summed E-state index contributed by atoms with van der Waals surface area (Å²) in [6, 6.07) is 7.81. The number of Topliss-reactive ketones (excluding diaryl/α,β-unsaturated/α-hetero) is 1. The first-order valence-electron chi connectivity index (χ1n) is 6.12. The number of carbonyl (C=O) groups is 1. The summed E-state index contributed by atoms with van der Waals surface area (Å²) in [5.41, 5.74) is 1.80. The van der Waals surface area contributed by atoms with Gasteiger partial charge in [0.25, 0.3) is 0 Å². The van der Waals surface area contributed by atoms with E-state index in [1.807, 2.05) is 30.3 Å². The van der Waals surface area contributed by atoms with Gasteiger partial charge in [0.1, 0.15) is 12.4 Å². The fourth-order valence-electron chi connectivity index (χ4n) is 1.86. The van der Waals surface area contributed by atoms with Crippen LogP contribution in [0, 0.1) is 5.92 Å². The highest BCUT2D eigenvalue weighted by atomic mass is 16.5. The normalized spacial score (nSPS) is 13.9. The molecule has 0 saturated heterocycles. The van der Waals surface area contributed by atoms with E-state index in [9.17, 15) is 4.79 Å². The Bertz CT molecular complexity index is 444. The highest BCUT2D eigenvalue weighted by Crippen LogP contribution is 2.26. The molecule has 1 aromatic rings. The standard InChI is InChI=1S/C15H18O2/c1-11(2)7-8-14(16)13-9-12-5-3-4-6-15(12)17-10-13/h3-6,9,11H,7-8,10H2,1-2H3. The van der Waals surface area contributed by atoms with Gasteiger partial charge in [-0.15, -0.1) is 0 Å². The number of hydrogen-bond donors (Lipinski definition) is 0. The predicted octanol–water partition coefficient (Wildman–Crippen LogP) is 3.47. The summed E-state index contributed by atoms with van der Waals surface area (Å²) in [6.45, 7) is 4.68. The van der Waals surface area contributed by atoms with E-state index in [2.05, 4.69) is 13.8 Å². The minimum atomic E-state index is 0.216. The van der Waals surface area contributed by atoms with Crippen molar-refractivity contribution < 1.29 is 9.53 Å². The van der Waals surface area contributed by atoms with Gasteiger partial charge in [-0.05, 0) is 24.5 Å². The topological polar surface area (TPSA) is 26.3 Å². The Morgan fingerprint density at radius 1 is 1.35 bits per heavy atom. The summed E-state index contributed by atoms with van der Waals surface area (Å²) in [5.74, 6) is 1.65. The minimum absolute atomic E-state index is 0.216. The quantitative estimate of drug-likeness (QED) is 0.791. The maximum absolute atomic E-state index is 12.0. The third-order valence-corrected chi connectivity index (χ3v) is 2.94. The van der Waals surface area contributed by atoms with Crippen LogP contribution in [-0.2, 0) is 4.79 Å². The molecule has 2 heteroatoms. The molecule has 1 aromatic carbocycles. The number of benzene rings is 1. The Hall–Kier alpha value is -1.57. The van der Waals surface area contributed by atoms with E-state index in [1.54, 1.807) is 0 Å².